The molecular formula is C13H19ClN2O5S. The molecule has 0 heterocycles. The van der Waals surface area contributed by atoms with E-state index >= 15 is 0 Å². The van der Waals surface area contributed by atoms with Gasteiger partial charge in [-0.25, -0.2) is 13.1 Å². The molecule has 0 aromatic heterocycles. The molecule has 1 rings (SSSR count). The molecule has 0 atom stereocenters. The van der Waals surface area contributed by atoms with Gasteiger partial charge in [0, 0.05) is 20.2 Å². The summed E-state index contributed by atoms with van der Waals surface area (Å²) in [4.78, 5) is 11.3. The first-order valence-electron chi connectivity index (χ1n) is 6.58. The predicted octanol–water partition coefficient (Wildman–Crippen LogP) is 0.780. The van der Waals surface area contributed by atoms with Crippen LogP contribution in [0.4, 0.5) is 0 Å². The summed E-state index contributed by atoms with van der Waals surface area (Å²) in [5.74, 6) is -0.0414. The number of methoxy groups -OCH3 is 1. The minimum Gasteiger partial charge on any atom is -0.482 e. The molecule has 1 aromatic carbocycles. The van der Waals surface area contributed by atoms with Gasteiger partial charge in [-0.15, -0.1) is 0 Å². The minimum atomic E-state index is -3.66. The van der Waals surface area contributed by atoms with Gasteiger partial charge in [0.1, 0.15) is 5.75 Å². The standard InChI is InChI=1S/C13H19ClN2O5S/c1-3-15-13(17)9-21-12-5-4-10(8-11(12)14)22(18,19)16-6-7-20-2/h4-5,8,16H,3,6-7,9H2,1-2H3,(H,15,17). The largest absolute Gasteiger partial charge is 0.482 e. The lowest BCUT2D eigenvalue weighted by atomic mass is 10.3. The Morgan fingerprint density at radius 2 is 2.09 bits per heavy atom. The fourth-order valence-electron chi connectivity index (χ4n) is 1.52. The lowest BCUT2D eigenvalue weighted by molar-refractivity contribution is -0.122. The molecule has 2 N–H and O–H groups in total. The van der Waals surface area contributed by atoms with E-state index in [1.54, 1.807) is 6.92 Å². The summed E-state index contributed by atoms with van der Waals surface area (Å²) in [6.07, 6.45) is 0. The van der Waals surface area contributed by atoms with Crippen molar-refractivity contribution < 1.29 is 22.7 Å². The number of ether oxygens (including phenoxy) is 2. The predicted molar refractivity (Wildman–Crippen MR) is 82.7 cm³/mol. The van der Waals surface area contributed by atoms with Crippen molar-refractivity contribution in [1.29, 1.82) is 0 Å². The maximum absolute atomic E-state index is 12.0. The van der Waals surface area contributed by atoms with Crippen LogP contribution in [-0.2, 0) is 19.6 Å². The van der Waals surface area contributed by atoms with Gasteiger partial charge in [-0.05, 0) is 25.1 Å². The second-order valence-electron chi connectivity index (χ2n) is 4.22. The number of carbonyl (C=O) groups excluding carboxylic acids is 1. The van der Waals surface area contributed by atoms with Crippen LogP contribution in [0.25, 0.3) is 0 Å². The molecular weight excluding hydrogens is 332 g/mol. The highest BCUT2D eigenvalue weighted by Gasteiger charge is 2.16. The topological polar surface area (TPSA) is 93.7 Å². The Morgan fingerprint density at radius 3 is 2.68 bits per heavy atom. The van der Waals surface area contributed by atoms with Crippen molar-refractivity contribution in [3.63, 3.8) is 0 Å². The molecule has 22 heavy (non-hydrogen) atoms. The van der Waals surface area contributed by atoms with Gasteiger partial charge < -0.3 is 14.8 Å². The summed E-state index contributed by atoms with van der Waals surface area (Å²) in [7, 11) is -2.18. The van der Waals surface area contributed by atoms with E-state index in [1.165, 1.54) is 25.3 Å². The van der Waals surface area contributed by atoms with Gasteiger partial charge in [-0.3, -0.25) is 4.79 Å². The highest BCUT2D eigenvalue weighted by Crippen LogP contribution is 2.27. The quantitative estimate of drug-likeness (QED) is 0.642. The monoisotopic (exact) mass is 350 g/mol. The number of rotatable bonds is 9. The van der Waals surface area contributed by atoms with Gasteiger partial charge in [0.25, 0.3) is 5.91 Å². The van der Waals surface area contributed by atoms with E-state index in [1.807, 2.05) is 0 Å². The van der Waals surface area contributed by atoms with Crippen LogP contribution in [0, 0.1) is 0 Å². The van der Waals surface area contributed by atoms with E-state index in [2.05, 4.69) is 10.0 Å². The lowest BCUT2D eigenvalue weighted by Gasteiger charge is -2.10. The van der Waals surface area contributed by atoms with Crippen LogP contribution in [0.2, 0.25) is 5.02 Å². The van der Waals surface area contributed by atoms with Crippen LogP contribution < -0.4 is 14.8 Å². The number of carbonyl (C=O) groups is 1. The zero-order valence-corrected chi connectivity index (χ0v) is 14.0. The molecule has 0 aliphatic carbocycles. The highest BCUT2D eigenvalue weighted by atomic mass is 35.5. The van der Waals surface area contributed by atoms with E-state index in [9.17, 15) is 13.2 Å². The number of nitrogens with one attached hydrogen (secondary N) is 2. The first-order chi connectivity index (χ1) is 10.4. The number of benzene rings is 1. The average Bonchev–Trinajstić information content (AvgIpc) is 2.46. The normalized spacial score (nSPS) is 11.2. The van der Waals surface area contributed by atoms with Gasteiger partial charge >= 0.3 is 0 Å². The Labute approximate surface area is 135 Å². The Bertz CT molecular complexity index is 606. The van der Waals surface area contributed by atoms with Crippen LogP contribution in [0.5, 0.6) is 5.75 Å². The first-order valence-corrected chi connectivity index (χ1v) is 8.44. The molecule has 124 valence electrons. The molecule has 0 aliphatic rings. The zero-order chi connectivity index (χ0) is 16.6. The highest BCUT2D eigenvalue weighted by molar-refractivity contribution is 7.89. The third kappa shape index (κ3) is 5.80. The van der Waals surface area contributed by atoms with Crippen molar-refractivity contribution in [2.45, 2.75) is 11.8 Å². The molecule has 0 spiro atoms. The van der Waals surface area contributed by atoms with Crippen LogP contribution in [0.15, 0.2) is 23.1 Å². The number of hydrogen-bond acceptors (Lipinski definition) is 5. The molecule has 1 aromatic rings. The molecule has 0 radical (unpaired) electrons. The lowest BCUT2D eigenvalue weighted by Crippen LogP contribution is -2.28. The summed E-state index contributed by atoms with van der Waals surface area (Å²) in [5.41, 5.74) is 0. The van der Waals surface area contributed by atoms with Crippen molar-refractivity contribution in [2.24, 2.45) is 0 Å². The van der Waals surface area contributed by atoms with Gasteiger partial charge in [-0.2, -0.15) is 0 Å². The molecule has 0 bridgehead atoms. The van der Waals surface area contributed by atoms with Crippen LogP contribution in [0.1, 0.15) is 6.92 Å². The number of amides is 1. The maximum atomic E-state index is 12.0. The van der Waals surface area contributed by atoms with Gasteiger partial charge in [-0.1, -0.05) is 11.6 Å². The van der Waals surface area contributed by atoms with E-state index in [0.717, 1.165) is 0 Å². The Hall–Kier alpha value is -1.35. The van der Waals surface area contributed by atoms with E-state index < -0.39 is 10.0 Å². The fourth-order valence-corrected chi connectivity index (χ4v) is 2.86. The van der Waals surface area contributed by atoms with Crippen molar-refractivity contribution in [3.8, 4) is 5.75 Å². The Kier molecular flexibility index (Phi) is 7.60. The van der Waals surface area contributed by atoms with E-state index in [4.69, 9.17) is 21.1 Å². The maximum Gasteiger partial charge on any atom is 0.257 e. The first kappa shape index (κ1) is 18.7. The smallest absolute Gasteiger partial charge is 0.257 e. The van der Waals surface area contributed by atoms with E-state index in [-0.39, 0.29) is 41.3 Å². The summed E-state index contributed by atoms with van der Waals surface area (Å²) in [5, 5.41) is 2.68. The number of hydrogen-bond donors (Lipinski definition) is 2. The van der Waals surface area contributed by atoms with Crippen molar-refractivity contribution >= 4 is 27.5 Å². The van der Waals surface area contributed by atoms with Gasteiger partial charge in [0.15, 0.2) is 6.61 Å². The van der Waals surface area contributed by atoms with Crippen molar-refractivity contribution in [2.75, 3.05) is 33.4 Å². The van der Waals surface area contributed by atoms with Gasteiger partial charge in [0.2, 0.25) is 10.0 Å². The summed E-state index contributed by atoms with van der Waals surface area (Å²) in [6, 6.07) is 4.03. The number of sulfonamides is 1. The molecule has 9 heteroatoms. The van der Waals surface area contributed by atoms with Crippen LogP contribution in [0.3, 0.4) is 0 Å². The Balaban J connectivity index is 2.74. The summed E-state index contributed by atoms with van der Waals surface area (Å²) >= 11 is 5.98. The molecule has 0 saturated carbocycles. The molecule has 0 aliphatic heterocycles. The van der Waals surface area contributed by atoms with Crippen LogP contribution in [-0.4, -0.2) is 47.7 Å². The zero-order valence-electron chi connectivity index (χ0n) is 12.4. The second-order valence-corrected chi connectivity index (χ2v) is 6.40. The van der Waals surface area contributed by atoms with Crippen LogP contribution >= 0.6 is 11.6 Å². The summed E-state index contributed by atoms with van der Waals surface area (Å²) < 4.78 is 36.4. The SMILES string of the molecule is CCNC(=O)COc1ccc(S(=O)(=O)NCCOC)cc1Cl. The third-order valence-corrected chi connectivity index (χ3v) is 4.30. The second kappa shape index (κ2) is 8.94. The Morgan fingerprint density at radius 1 is 1.36 bits per heavy atom. The average molecular weight is 351 g/mol. The number of likely N-dealkylation sites (N-methyl/N-ethyl adjacent to an activating group) is 1. The molecule has 0 saturated heterocycles. The molecule has 0 fully saturated rings. The van der Waals surface area contributed by atoms with Gasteiger partial charge in [0.05, 0.1) is 16.5 Å². The summed E-state index contributed by atoms with van der Waals surface area (Å²) in [6.45, 7) is 2.53. The van der Waals surface area contributed by atoms with Crippen molar-refractivity contribution in [1.82, 2.24) is 10.0 Å². The molecule has 7 nitrogen and oxygen atoms in total. The molecule has 1 amide bonds. The number of halogens is 1. The third-order valence-electron chi connectivity index (χ3n) is 2.54. The molecule has 0 unspecified atom stereocenters. The van der Waals surface area contributed by atoms with E-state index in [0.29, 0.717) is 6.54 Å². The fraction of sp³-hybridized carbons (Fsp3) is 0.462. The van der Waals surface area contributed by atoms with Crippen molar-refractivity contribution in [3.05, 3.63) is 23.2 Å². The minimum absolute atomic E-state index is 0.0129.